The molecule has 2 aromatic carbocycles. The third-order valence-electron chi connectivity index (χ3n) is 3.93. The summed E-state index contributed by atoms with van der Waals surface area (Å²) < 4.78 is 48.8. The molecule has 0 saturated carbocycles. The Morgan fingerprint density at radius 3 is 2.62 bits per heavy atom. The molecule has 0 unspecified atom stereocenters. The Kier molecular flexibility index (Phi) is 6.16. The summed E-state index contributed by atoms with van der Waals surface area (Å²) in [4.78, 5) is 16.1. The summed E-state index contributed by atoms with van der Waals surface area (Å²) in [6.45, 7) is 2.43. The van der Waals surface area contributed by atoms with E-state index in [1.54, 1.807) is 24.3 Å². The Bertz CT molecular complexity index is 969. The topological polar surface area (TPSA) is 77.2 Å². The van der Waals surface area contributed by atoms with Crippen LogP contribution in [0.1, 0.15) is 24.8 Å². The number of aryl methyl sites for hydroxylation is 1. The third kappa shape index (κ3) is 5.56. The number of hydrogen-bond donors (Lipinski definition) is 1. The molecule has 1 aromatic heterocycles. The monoisotopic (exact) mass is 405 g/mol. The Morgan fingerprint density at radius 2 is 1.93 bits per heavy atom. The van der Waals surface area contributed by atoms with E-state index >= 15 is 0 Å². The molecule has 1 N–H and O–H groups in total. The van der Waals surface area contributed by atoms with Crippen LogP contribution in [0.3, 0.4) is 0 Å². The Morgan fingerprint density at radius 1 is 1.17 bits per heavy atom. The standard InChI is InChI=1S/C20H18F3N3O3/c1-2-28-16-8-6-15(7-9-16)24-17(27)10-11-18-25-19(26-29-18)13-4-3-5-14(12-13)20(21,22)23/h3-9,12H,2,10-11H2,1H3,(H,24,27). The van der Waals surface area contributed by atoms with Gasteiger partial charge in [0, 0.05) is 24.1 Å². The molecule has 0 spiro atoms. The number of ether oxygens (including phenoxy) is 1. The van der Waals surface area contributed by atoms with Crippen molar-refractivity contribution in [3.8, 4) is 17.1 Å². The van der Waals surface area contributed by atoms with E-state index in [2.05, 4.69) is 15.5 Å². The largest absolute Gasteiger partial charge is 0.494 e. The lowest BCUT2D eigenvalue weighted by atomic mass is 10.1. The van der Waals surface area contributed by atoms with Crippen molar-refractivity contribution in [2.24, 2.45) is 0 Å². The molecular formula is C20H18F3N3O3. The van der Waals surface area contributed by atoms with Gasteiger partial charge in [-0.25, -0.2) is 0 Å². The summed E-state index contributed by atoms with van der Waals surface area (Å²) in [6, 6.07) is 11.6. The first-order chi connectivity index (χ1) is 13.8. The molecule has 0 atom stereocenters. The molecule has 152 valence electrons. The second-order valence-corrected chi connectivity index (χ2v) is 6.10. The molecule has 3 aromatic rings. The molecule has 29 heavy (non-hydrogen) atoms. The predicted molar refractivity (Wildman–Crippen MR) is 99.3 cm³/mol. The summed E-state index contributed by atoms with van der Waals surface area (Å²) in [7, 11) is 0. The van der Waals surface area contributed by atoms with Gasteiger partial charge in [-0.15, -0.1) is 0 Å². The summed E-state index contributed by atoms with van der Waals surface area (Å²) in [5, 5.41) is 6.43. The molecular weight excluding hydrogens is 387 g/mol. The molecule has 0 radical (unpaired) electrons. The minimum Gasteiger partial charge on any atom is -0.494 e. The lowest BCUT2D eigenvalue weighted by Gasteiger charge is -2.06. The second kappa shape index (κ2) is 8.76. The fourth-order valence-electron chi connectivity index (χ4n) is 2.55. The number of anilines is 1. The molecule has 9 heteroatoms. The van der Waals surface area contributed by atoms with Gasteiger partial charge in [0.15, 0.2) is 0 Å². The Labute approximate surface area is 164 Å². The molecule has 6 nitrogen and oxygen atoms in total. The Balaban J connectivity index is 1.57. The molecule has 0 aliphatic rings. The minimum atomic E-state index is -4.46. The van der Waals surface area contributed by atoms with Gasteiger partial charge >= 0.3 is 6.18 Å². The summed E-state index contributed by atoms with van der Waals surface area (Å²) >= 11 is 0. The van der Waals surface area contributed by atoms with Crippen LogP contribution < -0.4 is 10.1 Å². The molecule has 0 aliphatic heterocycles. The van der Waals surface area contributed by atoms with Crippen LogP contribution in [0.4, 0.5) is 18.9 Å². The molecule has 0 fully saturated rings. The number of aromatic nitrogens is 2. The predicted octanol–water partition coefficient (Wildman–Crippen LogP) is 4.73. The quantitative estimate of drug-likeness (QED) is 0.615. The smallest absolute Gasteiger partial charge is 0.416 e. The van der Waals surface area contributed by atoms with Crippen LogP contribution in [0.15, 0.2) is 53.1 Å². The number of amides is 1. The van der Waals surface area contributed by atoms with Crippen LogP contribution in [0.2, 0.25) is 0 Å². The highest BCUT2D eigenvalue weighted by Crippen LogP contribution is 2.31. The second-order valence-electron chi connectivity index (χ2n) is 6.10. The van der Waals surface area contributed by atoms with E-state index in [1.807, 2.05) is 6.92 Å². The van der Waals surface area contributed by atoms with Crippen molar-refractivity contribution in [1.29, 1.82) is 0 Å². The highest BCUT2D eigenvalue weighted by molar-refractivity contribution is 5.90. The van der Waals surface area contributed by atoms with Crippen molar-refractivity contribution in [2.75, 3.05) is 11.9 Å². The van der Waals surface area contributed by atoms with E-state index < -0.39 is 11.7 Å². The molecule has 3 rings (SSSR count). The maximum absolute atomic E-state index is 12.8. The normalized spacial score (nSPS) is 11.3. The van der Waals surface area contributed by atoms with E-state index in [0.29, 0.717) is 18.0 Å². The number of carbonyl (C=O) groups excluding carboxylic acids is 1. The van der Waals surface area contributed by atoms with Crippen LogP contribution in [0.5, 0.6) is 5.75 Å². The first-order valence-corrected chi connectivity index (χ1v) is 8.88. The van der Waals surface area contributed by atoms with Crippen molar-refractivity contribution in [2.45, 2.75) is 25.9 Å². The van der Waals surface area contributed by atoms with Crippen molar-refractivity contribution >= 4 is 11.6 Å². The molecule has 0 aliphatic carbocycles. The number of halogens is 3. The van der Waals surface area contributed by atoms with Crippen LogP contribution in [0, 0.1) is 0 Å². The van der Waals surface area contributed by atoms with Crippen molar-refractivity contribution in [3.63, 3.8) is 0 Å². The maximum atomic E-state index is 12.8. The van der Waals surface area contributed by atoms with Gasteiger partial charge in [-0.2, -0.15) is 18.2 Å². The van der Waals surface area contributed by atoms with Crippen LogP contribution in [0.25, 0.3) is 11.4 Å². The molecule has 0 saturated heterocycles. The number of carbonyl (C=O) groups is 1. The number of rotatable bonds is 7. The highest BCUT2D eigenvalue weighted by Gasteiger charge is 2.30. The zero-order chi connectivity index (χ0) is 20.9. The van der Waals surface area contributed by atoms with Gasteiger partial charge < -0.3 is 14.6 Å². The van der Waals surface area contributed by atoms with Gasteiger partial charge in [-0.3, -0.25) is 4.79 Å². The van der Waals surface area contributed by atoms with E-state index in [4.69, 9.17) is 9.26 Å². The van der Waals surface area contributed by atoms with E-state index in [0.717, 1.165) is 12.1 Å². The lowest BCUT2D eigenvalue weighted by Crippen LogP contribution is -2.12. The third-order valence-corrected chi connectivity index (χ3v) is 3.93. The number of benzene rings is 2. The van der Waals surface area contributed by atoms with Crippen molar-refractivity contribution < 1.29 is 27.2 Å². The summed E-state index contributed by atoms with van der Waals surface area (Å²) in [5.74, 6) is 0.656. The van der Waals surface area contributed by atoms with E-state index in [1.165, 1.54) is 12.1 Å². The fourth-order valence-corrected chi connectivity index (χ4v) is 2.55. The minimum absolute atomic E-state index is 0.0398. The molecule has 1 amide bonds. The first kappa shape index (κ1) is 20.4. The summed E-state index contributed by atoms with van der Waals surface area (Å²) in [5.41, 5.74) is 0.0124. The van der Waals surface area contributed by atoms with Crippen LogP contribution in [-0.2, 0) is 17.4 Å². The molecule has 0 bridgehead atoms. The van der Waals surface area contributed by atoms with Crippen LogP contribution >= 0.6 is 0 Å². The van der Waals surface area contributed by atoms with Gasteiger partial charge in [-0.05, 0) is 43.3 Å². The zero-order valence-corrected chi connectivity index (χ0v) is 15.5. The average Bonchev–Trinajstić information content (AvgIpc) is 3.17. The van der Waals surface area contributed by atoms with Crippen LogP contribution in [-0.4, -0.2) is 22.7 Å². The van der Waals surface area contributed by atoms with E-state index in [9.17, 15) is 18.0 Å². The van der Waals surface area contributed by atoms with Gasteiger partial charge in [-0.1, -0.05) is 17.3 Å². The van der Waals surface area contributed by atoms with E-state index in [-0.39, 0.29) is 36.0 Å². The lowest BCUT2D eigenvalue weighted by molar-refractivity contribution is -0.137. The van der Waals surface area contributed by atoms with Crippen molar-refractivity contribution in [1.82, 2.24) is 10.1 Å². The van der Waals surface area contributed by atoms with Crippen molar-refractivity contribution in [3.05, 3.63) is 60.0 Å². The highest BCUT2D eigenvalue weighted by atomic mass is 19.4. The number of hydrogen-bond acceptors (Lipinski definition) is 5. The van der Waals surface area contributed by atoms with Gasteiger partial charge in [0.25, 0.3) is 0 Å². The SMILES string of the molecule is CCOc1ccc(NC(=O)CCc2nc(-c3cccc(C(F)(F)F)c3)no2)cc1. The maximum Gasteiger partial charge on any atom is 0.416 e. The number of nitrogens with one attached hydrogen (secondary N) is 1. The first-order valence-electron chi connectivity index (χ1n) is 8.88. The zero-order valence-electron chi connectivity index (χ0n) is 15.5. The number of nitrogens with zero attached hydrogens (tertiary/aromatic N) is 2. The Hall–Kier alpha value is -3.36. The van der Waals surface area contributed by atoms with Gasteiger partial charge in [0.05, 0.1) is 12.2 Å². The van der Waals surface area contributed by atoms with Gasteiger partial charge in [0.1, 0.15) is 5.75 Å². The summed E-state index contributed by atoms with van der Waals surface area (Å²) in [6.07, 6.45) is -4.21. The molecule has 1 heterocycles. The van der Waals surface area contributed by atoms with Gasteiger partial charge in [0.2, 0.25) is 17.6 Å². The average molecular weight is 405 g/mol. The number of alkyl halides is 3. The fraction of sp³-hybridized carbons (Fsp3) is 0.250.